The van der Waals surface area contributed by atoms with E-state index in [1.807, 2.05) is 29.4 Å². The van der Waals surface area contributed by atoms with Crippen LogP contribution in [-0.2, 0) is 4.79 Å². The van der Waals surface area contributed by atoms with Crippen molar-refractivity contribution in [2.24, 2.45) is 5.92 Å². The van der Waals surface area contributed by atoms with Crippen LogP contribution in [0.2, 0.25) is 0 Å². The average molecular weight is 316 g/mol. The molecule has 0 bridgehead atoms. The molecule has 1 atom stereocenters. The van der Waals surface area contributed by atoms with Gasteiger partial charge in [0.05, 0.1) is 0 Å². The summed E-state index contributed by atoms with van der Waals surface area (Å²) in [7, 11) is 0. The van der Waals surface area contributed by atoms with Crippen molar-refractivity contribution >= 4 is 11.6 Å². The number of pyridine rings is 1. The number of piperidine rings is 1. The molecule has 2 aliphatic heterocycles. The van der Waals surface area contributed by atoms with E-state index < -0.39 is 0 Å². The van der Waals surface area contributed by atoms with Crippen molar-refractivity contribution in [3.63, 3.8) is 0 Å². The minimum absolute atomic E-state index is 0.317. The third-order valence-electron chi connectivity index (χ3n) is 5.04. The first-order valence-corrected chi connectivity index (χ1v) is 8.87. The highest BCUT2D eigenvalue weighted by Crippen LogP contribution is 2.17. The maximum absolute atomic E-state index is 12.4. The Balaban J connectivity index is 1.41. The molecule has 0 saturated carbocycles. The van der Waals surface area contributed by atoms with E-state index >= 15 is 0 Å². The van der Waals surface area contributed by atoms with Gasteiger partial charge in [-0.2, -0.15) is 0 Å². The fraction of sp³-hybridized carbons (Fsp3) is 0.667. The van der Waals surface area contributed by atoms with Crippen molar-refractivity contribution in [3.05, 3.63) is 24.5 Å². The summed E-state index contributed by atoms with van der Waals surface area (Å²) < 4.78 is 0. The first-order chi connectivity index (χ1) is 11.2. The largest absolute Gasteiger partial charge is 0.368 e. The number of hydrogen-bond acceptors (Lipinski definition) is 4. The van der Waals surface area contributed by atoms with Gasteiger partial charge in [-0.3, -0.25) is 9.78 Å². The number of hydrogen-bond donors (Lipinski definition) is 0. The lowest BCUT2D eigenvalue weighted by atomic mass is 10.0. The monoisotopic (exact) mass is 316 g/mol. The lowest BCUT2D eigenvalue weighted by molar-refractivity contribution is -0.131. The molecule has 0 spiro atoms. The lowest BCUT2D eigenvalue weighted by Crippen LogP contribution is -2.49. The van der Waals surface area contributed by atoms with E-state index in [9.17, 15) is 4.79 Å². The lowest BCUT2D eigenvalue weighted by Gasteiger charge is -2.37. The molecular formula is C18H28N4O. The molecule has 1 unspecified atom stereocenters. The van der Waals surface area contributed by atoms with Gasteiger partial charge in [-0.15, -0.1) is 0 Å². The van der Waals surface area contributed by atoms with Gasteiger partial charge < -0.3 is 14.7 Å². The molecule has 3 rings (SSSR count). The second-order valence-electron chi connectivity index (χ2n) is 6.87. The Morgan fingerprint density at radius 3 is 2.61 bits per heavy atom. The van der Waals surface area contributed by atoms with Crippen LogP contribution in [0.25, 0.3) is 0 Å². The number of rotatable bonds is 4. The van der Waals surface area contributed by atoms with Crippen LogP contribution in [0.3, 0.4) is 0 Å². The molecule has 5 heteroatoms. The van der Waals surface area contributed by atoms with Gasteiger partial charge in [0.15, 0.2) is 0 Å². The third-order valence-corrected chi connectivity index (χ3v) is 5.04. The minimum atomic E-state index is 0.317. The summed E-state index contributed by atoms with van der Waals surface area (Å²) in [6.45, 7) is 9.04. The number of likely N-dealkylation sites (tertiary alicyclic amines) is 1. The number of carbonyl (C=O) groups excluding carboxylic acids is 1. The van der Waals surface area contributed by atoms with Crippen molar-refractivity contribution in [2.75, 3.05) is 50.7 Å². The van der Waals surface area contributed by atoms with Crippen molar-refractivity contribution in [1.29, 1.82) is 0 Å². The van der Waals surface area contributed by atoms with E-state index in [2.05, 4.69) is 21.7 Å². The van der Waals surface area contributed by atoms with Crippen molar-refractivity contribution in [2.45, 2.75) is 26.2 Å². The van der Waals surface area contributed by atoms with Crippen molar-refractivity contribution < 1.29 is 4.79 Å². The van der Waals surface area contributed by atoms with Crippen molar-refractivity contribution in [3.8, 4) is 0 Å². The number of amides is 1. The highest BCUT2D eigenvalue weighted by Gasteiger charge is 2.22. The second kappa shape index (κ2) is 7.77. The summed E-state index contributed by atoms with van der Waals surface area (Å²) in [6, 6.07) is 4.07. The Bertz CT molecular complexity index is 499. The van der Waals surface area contributed by atoms with Crippen LogP contribution in [-0.4, -0.2) is 66.5 Å². The maximum atomic E-state index is 12.4. The second-order valence-corrected chi connectivity index (χ2v) is 6.87. The summed E-state index contributed by atoms with van der Waals surface area (Å²) in [5, 5.41) is 0. The molecule has 23 heavy (non-hydrogen) atoms. The zero-order valence-electron chi connectivity index (χ0n) is 14.2. The Kier molecular flexibility index (Phi) is 5.49. The van der Waals surface area contributed by atoms with Crippen LogP contribution >= 0.6 is 0 Å². The van der Waals surface area contributed by atoms with Gasteiger partial charge in [-0.25, -0.2) is 0 Å². The maximum Gasteiger partial charge on any atom is 0.223 e. The summed E-state index contributed by atoms with van der Waals surface area (Å²) >= 11 is 0. The SMILES string of the molecule is CC1CCCN(CCC(=O)N2CCN(c3ccncc3)CC2)C1. The van der Waals surface area contributed by atoms with Gasteiger partial charge in [-0.05, 0) is 37.4 Å². The van der Waals surface area contributed by atoms with Crippen LogP contribution < -0.4 is 4.90 Å². The summed E-state index contributed by atoms with van der Waals surface area (Å²) in [6.07, 6.45) is 6.93. The van der Waals surface area contributed by atoms with Crippen molar-refractivity contribution in [1.82, 2.24) is 14.8 Å². The van der Waals surface area contributed by atoms with Gasteiger partial charge in [0, 0.05) is 63.8 Å². The van der Waals surface area contributed by atoms with Gasteiger partial charge in [0.1, 0.15) is 0 Å². The topological polar surface area (TPSA) is 39.7 Å². The summed E-state index contributed by atoms with van der Waals surface area (Å²) in [5.74, 6) is 1.10. The molecule has 2 saturated heterocycles. The number of aromatic nitrogens is 1. The Labute approximate surface area is 139 Å². The minimum Gasteiger partial charge on any atom is -0.368 e. The molecule has 1 aromatic rings. The molecule has 1 aromatic heterocycles. The Morgan fingerprint density at radius 2 is 1.91 bits per heavy atom. The zero-order valence-corrected chi connectivity index (χ0v) is 14.2. The van der Waals surface area contributed by atoms with Crippen LogP contribution in [0.1, 0.15) is 26.2 Å². The van der Waals surface area contributed by atoms with E-state index in [0.717, 1.165) is 51.7 Å². The zero-order chi connectivity index (χ0) is 16.1. The fourth-order valence-corrected chi connectivity index (χ4v) is 3.67. The predicted molar refractivity (Wildman–Crippen MR) is 92.5 cm³/mol. The molecule has 0 aliphatic carbocycles. The van der Waals surface area contributed by atoms with Crippen LogP contribution in [0.15, 0.2) is 24.5 Å². The van der Waals surface area contributed by atoms with Gasteiger partial charge in [-0.1, -0.05) is 6.92 Å². The molecule has 0 N–H and O–H groups in total. The molecule has 3 heterocycles. The van der Waals surface area contributed by atoms with Crippen LogP contribution in [0, 0.1) is 5.92 Å². The Morgan fingerprint density at radius 1 is 1.17 bits per heavy atom. The van der Waals surface area contributed by atoms with E-state index in [0.29, 0.717) is 12.3 Å². The number of piperazine rings is 1. The highest BCUT2D eigenvalue weighted by atomic mass is 16.2. The molecule has 2 aliphatic rings. The first kappa shape index (κ1) is 16.2. The van der Waals surface area contributed by atoms with E-state index in [4.69, 9.17) is 0 Å². The predicted octanol–water partition coefficient (Wildman–Crippen LogP) is 1.85. The summed E-state index contributed by atoms with van der Waals surface area (Å²) in [5.41, 5.74) is 1.20. The summed E-state index contributed by atoms with van der Waals surface area (Å²) in [4.78, 5) is 23.3. The molecule has 5 nitrogen and oxygen atoms in total. The standard InChI is InChI=1S/C18H28N4O/c1-16-3-2-9-20(15-16)10-6-18(23)22-13-11-21(12-14-22)17-4-7-19-8-5-17/h4-5,7-8,16H,2-3,6,9-15H2,1H3. The third kappa shape index (κ3) is 4.44. The fourth-order valence-electron chi connectivity index (χ4n) is 3.67. The molecular weight excluding hydrogens is 288 g/mol. The quantitative estimate of drug-likeness (QED) is 0.850. The number of anilines is 1. The molecule has 2 fully saturated rings. The normalized spacial score (nSPS) is 23.1. The van der Waals surface area contributed by atoms with Gasteiger partial charge >= 0.3 is 0 Å². The van der Waals surface area contributed by atoms with Crippen LogP contribution in [0.4, 0.5) is 5.69 Å². The first-order valence-electron chi connectivity index (χ1n) is 8.87. The average Bonchev–Trinajstić information content (AvgIpc) is 2.61. The van der Waals surface area contributed by atoms with E-state index in [-0.39, 0.29) is 0 Å². The molecule has 0 aromatic carbocycles. The number of nitrogens with zero attached hydrogens (tertiary/aromatic N) is 4. The van der Waals surface area contributed by atoms with Crippen LogP contribution in [0.5, 0.6) is 0 Å². The molecule has 1 amide bonds. The smallest absolute Gasteiger partial charge is 0.223 e. The number of carbonyl (C=O) groups is 1. The Hall–Kier alpha value is -1.62. The van der Waals surface area contributed by atoms with Gasteiger partial charge in [0.25, 0.3) is 0 Å². The van der Waals surface area contributed by atoms with E-state index in [1.54, 1.807) is 0 Å². The van der Waals surface area contributed by atoms with E-state index in [1.165, 1.54) is 18.5 Å². The molecule has 0 radical (unpaired) electrons. The highest BCUT2D eigenvalue weighted by molar-refractivity contribution is 5.76. The van der Waals surface area contributed by atoms with Gasteiger partial charge in [0.2, 0.25) is 5.91 Å². The molecule has 126 valence electrons.